The summed E-state index contributed by atoms with van der Waals surface area (Å²) in [5.74, 6) is 4.57. The van der Waals surface area contributed by atoms with Gasteiger partial charge in [-0.15, -0.1) is 0 Å². The number of rotatable bonds is 1. The van der Waals surface area contributed by atoms with E-state index in [4.69, 9.17) is 9.90 Å². The molecule has 0 atom stereocenters. The van der Waals surface area contributed by atoms with Crippen molar-refractivity contribution in [1.82, 2.24) is 11.0 Å². The normalized spacial score (nSPS) is 6.33. The Balaban J connectivity index is 0. The summed E-state index contributed by atoms with van der Waals surface area (Å²) in [6, 6.07) is -0.697. The molecule has 0 bridgehead atoms. The first-order valence-electron chi connectivity index (χ1n) is 1.78. The Morgan fingerprint density at radius 2 is 2.00 bits per heavy atom. The predicted molar refractivity (Wildman–Crippen MR) is 28.7 cm³/mol. The standard InChI is InChI=1S/CH6N4O.CH2O2/c2-1(6)4-5-3;2-1-3/h5H,3H2,(H3,2,4,6);1H,(H,2,3). The number of carbonyl (C=O) groups excluding carboxylic acids is 1. The number of carbonyl (C=O) groups is 2. The number of hydrogen-bond donors (Lipinski definition) is 5. The van der Waals surface area contributed by atoms with Crippen molar-refractivity contribution in [1.29, 1.82) is 0 Å². The Labute approximate surface area is 50.9 Å². The van der Waals surface area contributed by atoms with E-state index in [2.05, 4.69) is 11.6 Å². The van der Waals surface area contributed by atoms with Crippen LogP contribution in [0.2, 0.25) is 0 Å². The summed E-state index contributed by atoms with van der Waals surface area (Å²) in [4.78, 5) is 17.9. The SMILES string of the molecule is NNNC(N)=O.O=CO. The Hall–Kier alpha value is -1.34. The molecule has 0 aliphatic rings. The first kappa shape index (κ1) is 10.6. The Morgan fingerprint density at radius 1 is 1.67 bits per heavy atom. The van der Waals surface area contributed by atoms with E-state index in [1.165, 1.54) is 0 Å². The molecule has 2 amide bonds. The van der Waals surface area contributed by atoms with Crippen molar-refractivity contribution >= 4 is 12.5 Å². The molecular weight excluding hydrogens is 128 g/mol. The van der Waals surface area contributed by atoms with Gasteiger partial charge in [-0.1, -0.05) is 0 Å². The lowest BCUT2D eigenvalue weighted by Gasteiger charge is -1.91. The van der Waals surface area contributed by atoms with Gasteiger partial charge in [0, 0.05) is 0 Å². The zero-order chi connectivity index (χ0) is 7.70. The summed E-state index contributed by atoms with van der Waals surface area (Å²) in [5.41, 5.74) is 8.23. The molecule has 0 aromatic carbocycles. The molecule has 0 saturated carbocycles. The van der Waals surface area contributed by atoms with Gasteiger partial charge in [0.05, 0.1) is 0 Å². The van der Waals surface area contributed by atoms with E-state index in [-0.39, 0.29) is 6.47 Å². The first-order chi connectivity index (χ1) is 4.18. The number of hydrazine groups is 2. The summed E-state index contributed by atoms with van der Waals surface area (Å²) in [6.07, 6.45) is 0. The summed E-state index contributed by atoms with van der Waals surface area (Å²) in [6.45, 7) is -0.250. The van der Waals surface area contributed by atoms with E-state index in [1.807, 2.05) is 11.0 Å². The minimum Gasteiger partial charge on any atom is -0.483 e. The van der Waals surface area contributed by atoms with Gasteiger partial charge in [-0.2, -0.15) is 5.53 Å². The second-order valence-electron chi connectivity index (χ2n) is 0.739. The second kappa shape index (κ2) is 9.83. The van der Waals surface area contributed by atoms with Gasteiger partial charge in [0.2, 0.25) is 0 Å². The maximum Gasteiger partial charge on any atom is 0.327 e. The topological polar surface area (TPSA) is 130 Å². The molecule has 0 aliphatic heterocycles. The van der Waals surface area contributed by atoms with Crippen LogP contribution in [-0.2, 0) is 4.79 Å². The van der Waals surface area contributed by atoms with Crippen molar-refractivity contribution in [3.05, 3.63) is 0 Å². The van der Waals surface area contributed by atoms with Crippen molar-refractivity contribution in [3.8, 4) is 0 Å². The van der Waals surface area contributed by atoms with Crippen LogP contribution in [0.4, 0.5) is 4.79 Å². The molecular formula is C2H8N4O3. The van der Waals surface area contributed by atoms with Crippen LogP contribution in [0, 0.1) is 0 Å². The molecule has 7 heteroatoms. The van der Waals surface area contributed by atoms with Crippen LogP contribution in [0.3, 0.4) is 0 Å². The summed E-state index contributed by atoms with van der Waals surface area (Å²) < 4.78 is 0. The van der Waals surface area contributed by atoms with Crippen LogP contribution in [-0.4, -0.2) is 17.6 Å². The molecule has 0 unspecified atom stereocenters. The van der Waals surface area contributed by atoms with Gasteiger partial charge >= 0.3 is 6.03 Å². The smallest absolute Gasteiger partial charge is 0.327 e. The maximum absolute atomic E-state index is 9.57. The molecule has 0 aromatic heterocycles. The van der Waals surface area contributed by atoms with E-state index in [9.17, 15) is 4.79 Å². The third kappa shape index (κ3) is 52.5. The second-order valence-corrected chi connectivity index (χ2v) is 0.739. The molecule has 0 aliphatic carbocycles. The van der Waals surface area contributed by atoms with Crippen molar-refractivity contribution in [2.24, 2.45) is 11.6 Å². The number of carboxylic acid groups (broad SMARTS) is 1. The minimum absolute atomic E-state index is 0.250. The van der Waals surface area contributed by atoms with Crippen LogP contribution in [0.5, 0.6) is 0 Å². The molecule has 0 aromatic rings. The fraction of sp³-hybridized carbons (Fsp3) is 0. The monoisotopic (exact) mass is 136 g/mol. The van der Waals surface area contributed by atoms with Gasteiger partial charge in [-0.05, 0) is 0 Å². The van der Waals surface area contributed by atoms with Crippen molar-refractivity contribution < 1.29 is 14.7 Å². The lowest BCUT2D eigenvalue weighted by Crippen LogP contribution is -2.45. The van der Waals surface area contributed by atoms with Gasteiger partial charge in [-0.3, -0.25) is 16.1 Å². The Morgan fingerprint density at radius 3 is 2.00 bits per heavy atom. The predicted octanol–water partition coefficient (Wildman–Crippen LogP) is -2.27. The van der Waals surface area contributed by atoms with Crippen LogP contribution in [0.1, 0.15) is 0 Å². The number of amides is 2. The molecule has 9 heavy (non-hydrogen) atoms. The highest BCUT2D eigenvalue weighted by atomic mass is 16.3. The van der Waals surface area contributed by atoms with E-state index in [0.717, 1.165) is 0 Å². The largest absolute Gasteiger partial charge is 0.483 e. The fourth-order valence-electron chi connectivity index (χ4n) is 0.0711. The summed E-state index contributed by atoms with van der Waals surface area (Å²) in [5, 5.41) is 6.89. The molecule has 0 heterocycles. The molecule has 7 nitrogen and oxygen atoms in total. The molecule has 7 N–H and O–H groups in total. The maximum atomic E-state index is 9.57. The van der Waals surface area contributed by atoms with Gasteiger partial charge in [0.15, 0.2) is 0 Å². The quantitative estimate of drug-likeness (QED) is 0.158. The van der Waals surface area contributed by atoms with E-state index in [1.54, 1.807) is 0 Å². The molecule has 54 valence electrons. The van der Waals surface area contributed by atoms with E-state index in [0.29, 0.717) is 0 Å². The zero-order valence-corrected chi connectivity index (χ0v) is 4.50. The van der Waals surface area contributed by atoms with E-state index >= 15 is 0 Å². The number of urea groups is 1. The highest BCUT2D eigenvalue weighted by Gasteiger charge is 1.78. The highest BCUT2D eigenvalue weighted by Crippen LogP contribution is 1.38. The average molecular weight is 136 g/mol. The average Bonchev–Trinajstić information content (AvgIpc) is 1.67. The number of nitrogens with two attached hydrogens (primary N) is 2. The lowest BCUT2D eigenvalue weighted by atomic mass is 11.2. The number of nitrogens with one attached hydrogen (secondary N) is 2. The van der Waals surface area contributed by atoms with Crippen LogP contribution in [0.25, 0.3) is 0 Å². The van der Waals surface area contributed by atoms with Crippen LogP contribution < -0.4 is 22.5 Å². The molecule has 0 spiro atoms. The summed E-state index contributed by atoms with van der Waals surface area (Å²) in [7, 11) is 0. The third-order valence-electron chi connectivity index (χ3n) is 0.195. The molecule has 0 fully saturated rings. The Kier molecular flexibility index (Phi) is 11.6. The Bertz CT molecular complexity index is 83.9. The molecule has 0 radical (unpaired) electrons. The van der Waals surface area contributed by atoms with Crippen molar-refractivity contribution in [2.45, 2.75) is 0 Å². The lowest BCUT2D eigenvalue weighted by molar-refractivity contribution is -0.122. The van der Waals surface area contributed by atoms with Crippen molar-refractivity contribution in [2.75, 3.05) is 0 Å². The number of hydrogen-bond acceptors (Lipinski definition) is 4. The first-order valence-corrected chi connectivity index (χ1v) is 1.78. The minimum atomic E-state index is -0.697. The van der Waals surface area contributed by atoms with Gasteiger partial charge in [0.25, 0.3) is 6.47 Å². The van der Waals surface area contributed by atoms with Gasteiger partial charge in [-0.25, -0.2) is 4.79 Å². The summed E-state index contributed by atoms with van der Waals surface area (Å²) >= 11 is 0. The zero-order valence-electron chi connectivity index (χ0n) is 4.50. The third-order valence-corrected chi connectivity index (χ3v) is 0.195. The van der Waals surface area contributed by atoms with E-state index < -0.39 is 6.03 Å². The van der Waals surface area contributed by atoms with Crippen molar-refractivity contribution in [3.63, 3.8) is 0 Å². The van der Waals surface area contributed by atoms with Crippen LogP contribution >= 0.6 is 0 Å². The van der Waals surface area contributed by atoms with Crippen LogP contribution in [0.15, 0.2) is 0 Å². The fourth-order valence-corrected chi connectivity index (χ4v) is 0.0711. The van der Waals surface area contributed by atoms with Gasteiger partial charge < -0.3 is 10.8 Å². The molecule has 0 saturated heterocycles. The van der Waals surface area contributed by atoms with Gasteiger partial charge in [0.1, 0.15) is 0 Å². The highest BCUT2D eigenvalue weighted by molar-refractivity contribution is 5.70. The molecule has 0 rings (SSSR count). The number of primary amides is 1.